The Kier molecular flexibility index (Phi) is 8.21. The number of aromatic nitrogens is 1. The van der Waals surface area contributed by atoms with Crippen molar-refractivity contribution in [3.63, 3.8) is 0 Å². The van der Waals surface area contributed by atoms with E-state index in [9.17, 15) is 28.0 Å². The van der Waals surface area contributed by atoms with Gasteiger partial charge in [-0.2, -0.15) is 18.4 Å². The second-order valence-electron chi connectivity index (χ2n) is 9.04. The molecule has 3 aliphatic heterocycles. The van der Waals surface area contributed by atoms with Gasteiger partial charge in [-0.05, 0) is 56.6 Å². The lowest BCUT2D eigenvalue weighted by atomic mass is 9.84. The van der Waals surface area contributed by atoms with Gasteiger partial charge in [-0.15, -0.1) is 6.42 Å². The summed E-state index contributed by atoms with van der Waals surface area (Å²) in [4.78, 5) is 42.5. The fourth-order valence-corrected chi connectivity index (χ4v) is 5.27. The molecule has 192 valence electrons. The number of amides is 2. The van der Waals surface area contributed by atoms with Gasteiger partial charge in [-0.1, -0.05) is 5.92 Å². The number of terminal acetylenes is 1. The van der Waals surface area contributed by atoms with Gasteiger partial charge in [0, 0.05) is 30.0 Å². The van der Waals surface area contributed by atoms with Gasteiger partial charge in [0.2, 0.25) is 5.91 Å². The summed E-state index contributed by atoms with van der Waals surface area (Å²) in [5.41, 5.74) is 7.05. The van der Waals surface area contributed by atoms with Gasteiger partial charge in [-0.3, -0.25) is 14.6 Å². The van der Waals surface area contributed by atoms with Gasteiger partial charge in [0.25, 0.3) is 5.91 Å². The lowest BCUT2D eigenvalue weighted by Gasteiger charge is -2.41. The van der Waals surface area contributed by atoms with Crippen molar-refractivity contribution >= 4 is 17.8 Å². The smallest absolute Gasteiger partial charge is 0.475 e. The van der Waals surface area contributed by atoms with Gasteiger partial charge in [0.15, 0.2) is 0 Å². The highest BCUT2D eigenvalue weighted by atomic mass is 19.4. The Morgan fingerprint density at radius 3 is 2.08 bits per heavy atom. The number of aliphatic carboxylic acids is 1. The van der Waals surface area contributed by atoms with E-state index < -0.39 is 24.2 Å². The lowest BCUT2D eigenvalue weighted by molar-refractivity contribution is -0.192. The second-order valence-corrected chi connectivity index (χ2v) is 9.04. The molecule has 5 atom stereocenters. The van der Waals surface area contributed by atoms with E-state index in [1.807, 2.05) is 4.90 Å². The highest BCUT2D eigenvalue weighted by Gasteiger charge is 2.48. The number of rotatable bonds is 3. The molecule has 2 amide bonds. The number of pyridine rings is 1. The number of alkyl halides is 3. The number of carbonyl (C=O) groups is 3. The Labute approximate surface area is 206 Å². The first-order valence-electron chi connectivity index (χ1n) is 11.5. The van der Waals surface area contributed by atoms with Crippen LogP contribution in [0.15, 0.2) is 24.5 Å². The predicted molar refractivity (Wildman–Crippen MR) is 120 cm³/mol. The quantitative estimate of drug-likeness (QED) is 0.598. The average molecular weight is 505 g/mol. The van der Waals surface area contributed by atoms with Crippen LogP contribution in [0.1, 0.15) is 48.9 Å². The molecule has 3 N–H and O–H groups in total. The summed E-state index contributed by atoms with van der Waals surface area (Å²) in [6.07, 6.45) is 8.22. The van der Waals surface area contributed by atoms with E-state index in [4.69, 9.17) is 22.1 Å². The van der Waals surface area contributed by atoms with Gasteiger partial charge in [0.1, 0.15) is 6.04 Å². The zero-order chi connectivity index (χ0) is 26.6. The first-order chi connectivity index (χ1) is 17.0. The van der Waals surface area contributed by atoms with Crippen LogP contribution < -0.4 is 5.73 Å². The lowest BCUT2D eigenvalue weighted by Crippen LogP contribution is -2.56. The maximum Gasteiger partial charge on any atom is 0.490 e. The molecule has 9 nitrogen and oxygen atoms in total. The first kappa shape index (κ1) is 27.0. The number of likely N-dealkylation sites (tertiary alicyclic amines) is 1. The molecule has 3 fully saturated rings. The first-order valence-corrected chi connectivity index (χ1v) is 11.5. The SMILES string of the molecule is C#C[C@H]1CC[C@@H](C#N)N1C(=O)[C@@H](N)C1CC2CCC(C1)N2C(=O)c1ccncc1.O=C(O)C(F)(F)F. The Hall–Kier alpha value is -3.64. The minimum atomic E-state index is -5.08. The van der Waals surface area contributed by atoms with E-state index in [2.05, 4.69) is 17.0 Å². The number of piperidine rings is 1. The largest absolute Gasteiger partial charge is 0.490 e. The number of carboxylic acids is 1. The van der Waals surface area contributed by atoms with Gasteiger partial charge >= 0.3 is 12.1 Å². The van der Waals surface area contributed by atoms with Crippen molar-refractivity contribution in [2.75, 3.05) is 0 Å². The number of carbonyl (C=O) groups excluding carboxylic acids is 2. The summed E-state index contributed by atoms with van der Waals surface area (Å²) in [5, 5.41) is 16.5. The van der Waals surface area contributed by atoms with Crippen LogP contribution in [0.3, 0.4) is 0 Å². The average Bonchev–Trinajstić information content (AvgIpc) is 3.40. The van der Waals surface area contributed by atoms with E-state index in [1.165, 1.54) is 4.90 Å². The van der Waals surface area contributed by atoms with Crippen molar-refractivity contribution in [2.45, 2.75) is 74.9 Å². The highest BCUT2D eigenvalue weighted by Crippen LogP contribution is 2.41. The topological polar surface area (TPSA) is 141 Å². The normalized spacial score (nSPS) is 27.8. The Bertz CT molecular complexity index is 1030. The summed E-state index contributed by atoms with van der Waals surface area (Å²) < 4.78 is 31.7. The minimum Gasteiger partial charge on any atom is -0.475 e. The minimum absolute atomic E-state index is 0.0140. The van der Waals surface area contributed by atoms with Crippen molar-refractivity contribution in [1.29, 1.82) is 5.26 Å². The third kappa shape index (κ3) is 5.60. The number of hydrogen-bond donors (Lipinski definition) is 2. The van der Waals surface area contributed by atoms with Crippen LogP contribution in [-0.2, 0) is 9.59 Å². The van der Waals surface area contributed by atoms with Crippen molar-refractivity contribution < 1.29 is 32.7 Å². The van der Waals surface area contributed by atoms with E-state index in [0.29, 0.717) is 31.2 Å². The standard InChI is InChI=1S/C22H25N5O2.C2HF3O2/c1-2-16-3-6-19(13-23)26(16)22(29)20(24)15-11-17-4-5-18(12-15)27(17)21(28)14-7-9-25-10-8-14;3-2(4,5)1(6)7/h1,7-10,15-20H,3-6,11-12,24H2;(H,6,7)/t15?,16-,17?,18?,19-,20-;/m0./s1. The number of nitriles is 1. The fraction of sp³-hybridized carbons (Fsp3) is 0.542. The molecular weight excluding hydrogens is 479 g/mol. The molecule has 0 saturated carbocycles. The molecule has 4 heterocycles. The third-order valence-electron chi connectivity index (χ3n) is 6.95. The number of fused-ring (bicyclic) bond motifs is 2. The van der Waals surface area contributed by atoms with Crippen LogP contribution >= 0.6 is 0 Å². The Balaban J connectivity index is 0.000000454. The van der Waals surface area contributed by atoms with Crippen molar-refractivity contribution in [1.82, 2.24) is 14.8 Å². The van der Waals surface area contributed by atoms with Crippen molar-refractivity contribution in [2.24, 2.45) is 11.7 Å². The molecule has 36 heavy (non-hydrogen) atoms. The summed E-state index contributed by atoms with van der Waals surface area (Å²) in [5.74, 6) is -0.347. The summed E-state index contributed by atoms with van der Waals surface area (Å²) in [7, 11) is 0. The number of nitrogens with zero attached hydrogens (tertiary/aromatic N) is 4. The van der Waals surface area contributed by atoms with Crippen LogP contribution in [0.4, 0.5) is 13.2 Å². The van der Waals surface area contributed by atoms with E-state index in [-0.39, 0.29) is 35.9 Å². The Morgan fingerprint density at radius 1 is 1.08 bits per heavy atom. The van der Waals surface area contributed by atoms with E-state index >= 15 is 0 Å². The van der Waals surface area contributed by atoms with E-state index in [1.54, 1.807) is 24.5 Å². The van der Waals surface area contributed by atoms with Crippen molar-refractivity contribution in [3.05, 3.63) is 30.1 Å². The van der Waals surface area contributed by atoms with Crippen molar-refractivity contribution in [3.8, 4) is 18.4 Å². The summed E-state index contributed by atoms with van der Waals surface area (Å²) >= 11 is 0. The highest BCUT2D eigenvalue weighted by molar-refractivity contribution is 5.94. The van der Waals surface area contributed by atoms with Gasteiger partial charge in [-0.25, -0.2) is 4.79 Å². The molecule has 0 spiro atoms. The molecule has 3 aliphatic rings. The number of hydrogen-bond acceptors (Lipinski definition) is 6. The van der Waals surface area contributed by atoms with Gasteiger partial charge in [0.05, 0.1) is 18.2 Å². The molecule has 3 saturated heterocycles. The fourth-order valence-electron chi connectivity index (χ4n) is 5.27. The van der Waals surface area contributed by atoms with Crippen LogP contribution in [0.5, 0.6) is 0 Å². The molecule has 0 aromatic carbocycles. The predicted octanol–water partition coefficient (Wildman–Crippen LogP) is 1.94. The van der Waals surface area contributed by atoms with Crippen LogP contribution in [0.2, 0.25) is 0 Å². The summed E-state index contributed by atoms with van der Waals surface area (Å²) in [6, 6.07) is 4.28. The zero-order valence-corrected chi connectivity index (χ0v) is 19.3. The molecule has 1 aromatic rings. The molecule has 1 aromatic heterocycles. The molecule has 0 aliphatic carbocycles. The maximum absolute atomic E-state index is 13.1. The molecule has 0 radical (unpaired) electrons. The molecular formula is C24H26F3N5O4. The molecule has 12 heteroatoms. The van der Waals surface area contributed by atoms with Crippen LogP contribution in [0, 0.1) is 29.6 Å². The van der Waals surface area contributed by atoms with E-state index in [0.717, 1.165) is 12.8 Å². The molecule has 2 unspecified atom stereocenters. The van der Waals surface area contributed by atoms with Gasteiger partial charge < -0.3 is 20.6 Å². The number of carboxylic acid groups (broad SMARTS) is 1. The number of nitrogens with two attached hydrogens (primary N) is 1. The summed E-state index contributed by atoms with van der Waals surface area (Å²) in [6.45, 7) is 0. The zero-order valence-electron chi connectivity index (χ0n) is 19.3. The third-order valence-corrected chi connectivity index (χ3v) is 6.95. The monoisotopic (exact) mass is 505 g/mol. The second kappa shape index (κ2) is 11.0. The maximum atomic E-state index is 13.1. The van der Waals surface area contributed by atoms with Crippen LogP contribution in [0.25, 0.3) is 0 Å². The van der Waals surface area contributed by atoms with Crippen LogP contribution in [-0.4, -0.2) is 74.1 Å². The molecule has 2 bridgehead atoms. The molecule has 4 rings (SSSR count). The Morgan fingerprint density at radius 2 is 1.61 bits per heavy atom. The number of halogens is 3.